The summed E-state index contributed by atoms with van der Waals surface area (Å²) in [4.78, 5) is 15.3. The molecule has 1 aliphatic rings. The van der Waals surface area contributed by atoms with Crippen LogP contribution in [0.5, 0.6) is 0 Å². The van der Waals surface area contributed by atoms with Crippen LogP contribution in [-0.2, 0) is 4.79 Å². The van der Waals surface area contributed by atoms with E-state index < -0.39 is 0 Å². The van der Waals surface area contributed by atoms with Gasteiger partial charge in [0, 0.05) is 38.8 Å². The first-order chi connectivity index (χ1) is 9.97. The first-order valence-electron chi connectivity index (χ1n) is 6.74. The molecular weight excluding hydrogens is 329 g/mol. The minimum absolute atomic E-state index is 0.111. The zero-order valence-electron chi connectivity index (χ0n) is 11.7. The van der Waals surface area contributed by atoms with E-state index in [0.717, 1.165) is 31.7 Å². The lowest BCUT2D eigenvalue weighted by atomic mass is 10.3. The van der Waals surface area contributed by atoms with Crippen molar-refractivity contribution in [1.29, 1.82) is 0 Å². The number of hydrogen-bond acceptors (Lipinski definition) is 2. The van der Waals surface area contributed by atoms with Crippen LogP contribution in [0.2, 0.25) is 10.0 Å². The van der Waals surface area contributed by atoms with Crippen molar-refractivity contribution in [1.82, 2.24) is 9.80 Å². The summed E-state index contributed by atoms with van der Waals surface area (Å²) in [5, 5.41) is 4.80. The maximum atomic E-state index is 11.4. The number of benzene rings is 1. The van der Waals surface area contributed by atoms with Crippen LogP contribution in [0.15, 0.2) is 18.2 Å². The SMILES string of the molecule is CC(=O)N1CCCN(C(=S)Nc2ccc(Cl)c(Cl)c2)CC1. The van der Waals surface area contributed by atoms with E-state index >= 15 is 0 Å². The summed E-state index contributed by atoms with van der Waals surface area (Å²) >= 11 is 17.3. The molecule has 1 fully saturated rings. The maximum absolute atomic E-state index is 11.4. The molecule has 114 valence electrons. The molecule has 1 saturated heterocycles. The van der Waals surface area contributed by atoms with Gasteiger partial charge in [-0.25, -0.2) is 0 Å². The van der Waals surface area contributed by atoms with Crippen LogP contribution in [0, 0.1) is 0 Å². The minimum atomic E-state index is 0.111. The van der Waals surface area contributed by atoms with E-state index in [2.05, 4.69) is 10.2 Å². The molecule has 1 amide bonds. The molecule has 2 rings (SSSR count). The predicted octanol–water partition coefficient (Wildman–Crippen LogP) is 3.24. The monoisotopic (exact) mass is 345 g/mol. The molecule has 1 heterocycles. The van der Waals surface area contributed by atoms with E-state index in [-0.39, 0.29) is 5.91 Å². The van der Waals surface area contributed by atoms with E-state index in [1.807, 2.05) is 11.0 Å². The van der Waals surface area contributed by atoms with Crippen molar-refractivity contribution in [3.05, 3.63) is 28.2 Å². The van der Waals surface area contributed by atoms with Gasteiger partial charge in [-0.2, -0.15) is 0 Å². The second-order valence-corrected chi connectivity index (χ2v) is 6.11. The third-order valence-corrected chi connectivity index (χ3v) is 4.50. The molecule has 0 radical (unpaired) electrons. The van der Waals surface area contributed by atoms with Gasteiger partial charge in [-0.1, -0.05) is 23.2 Å². The minimum Gasteiger partial charge on any atom is -0.347 e. The van der Waals surface area contributed by atoms with Gasteiger partial charge < -0.3 is 15.1 Å². The summed E-state index contributed by atoms with van der Waals surface area (Å²) in [5.41, 5.74) is 0.807. The molecule has 1 aromatic carbocycles. The fourth-order valence-electron chi connectivity index (χ4n) is 2.21. The molecule has 0 atom stereocenters. The highest BCUT2D eigenvalue weighted by Crippen LogP contribution is 2.25. The van der Waals surface area contributed by atoms with Crippen molar-refractivity contribution in [3.8, 4) is 0 Å². The van der Waals surface area contributed by atoms with Gasteiger partial charge in [0.15, 0.2) is 5.11 Å². The van der Waals surface area contributed by atoms with Crippen molar-refractivity contribution < 1.29 is 4.79 Å². The van der Waals surface area contributed by atoms with Gasteiger partial charge in [0.1, 0.15) is 0 Å². The molecule has 0 aliphatic carbocycles. The Morgan fingerprint density at radius 1 is 1.14 bits per heavy atom. The van der Waals surface area contributed by atoms with E-state index in [0.29, 0.717) is 21.7 Å². The molecule has 4 nitrogen and oxygen atoms in total. The number of carbonyl (C=O) groups is 1. The van der Waals surface area contributed by atoms with Gasteiger partial charge in [0.2, 0.25) is 5.91 Å². The Morgan fingerprint density at radius 2 is 1.81 bits per heavy atom. The number of nitrogens with one attached hydrogen (secondary N) is 1. The second kappa shape index (κ2) is 7.29. The van der Waals surface area contributed by atoms with Crippen molar-refractivity contribution in [2.45, 2.75) is 13.3 Å². The molecule has 21 heavy (non-hydrogen) atoms. The zero-order chi connectivity index (χ0) is 15.4. The van der Waals surface area contributed by atoms with Crippen LogP contribution >= 0.6 is 35.4 Å². The molecule has 7 heteroatoms. The number of anilines is 1. The lowest BCUT2D eigenvalue weighted by Gasteiger charge is -2.24. The average molecular weight is 346 g/mol. The van der Waals surface area contributed by atoms with Crippen LogP contribution < -0.4 is 5.32 Å². The highest BCUT2D eigenvalue weighted by atomic mass is 35.5. The fourth-order valence-corrected chi connectivity index (χ4v) is 2.81. The van der Waals surface area contributed by atoms with E-state index in [1.165, 1.54) is 0 Å². The van der Waals surface area contributed by atoms with Crippen molar-refractivity contribution >= 4 is 52.1 Å². The van der Waals surface area contributed by atoms with Crippen LogP contribution in [-0.4, -0.2) is 47.0 Å². The Balaban J connectivity index is 1.96. The van der Waals surface area contributed by atoms with Crippen LogP contribution in [0.25, 0.3) is 0 Å². The smallest absolute Gasteiger partial charge is 0.219 e. The second-order valence-electron chi connectivity index (χ2n) is 4.91. The number of rotatable bonds is 1. The highest BCUT2D eigenvalue weighted by molar-refractivity contribution is 7.80. The van der Waals surface area contributed by atoms with Gasteiger partial charge in [0.25, 0.3) is 0 Å². The molecule has 0 spiro atoms. The number of halogens is 2. The Hall–Kier alpha value is -1.04. The topological polar surface area (TPSA) is 35.6 Å². The zero-order valence-corrected chi connectivity index (χ0v) is 14.1. The van der Waals surface area contributed by atoms with Gasteiger partial charge in [-0.05, 0) is 36.8 Å². The molecule has 0 saturated carbocycles. The third-order valence-electron chi connectivity index (χ3n) is 3.40. The molecule has 0 bridgehead atoms. The standard InChI is InChI=1S/C14H17Cl2N3OS/c1-10(20)18-5-2-6-19(8-7-18)14(21)17-11-3-4-12(15)13(16)9-11/h3-4,9H,2,5-8H2,1H3,(H,17,21). The first kappa shape index (κ1) is 16.3. The highest BCUT2D eigenvalue weighted by Gasteiger charge is 2.18. The third kappa shape index (κ3) is 4.46. The number of nitrogens with zero attached hydrogens (tertiary/aromatic N) is 2. The first-order valence-corrected chi connectivity index (χ1v) is 7.90. The molecule has 1 aromatic rings. The van der Waals surface area contributed by atoms with Crippen molar-refractivity contribution in [3.63, 3.8) is 0 Å². The van der Waals surface area contributed by atoms with E-state index in [9.17, 15) is 4.79 Å². The predicted molar refractivity (Wildman–Crippen MR) is 91.1 cm³/mol. The largest absolute Gasteiger partial charge is 0.347 e. The molecular formula is C14H17Cl2N3OS. The van der Waals surface area contributed by atoms with Crippen molar-refractivity contribution in [2.24, 2.45) is 0 Å². The Morgan fingerprint density at radius 3 is 2.48 bits per heavy atom. The fraction of sp³-hybridized carbons (Fsp3) is 0.429. The Bertz CT molecular complexity index is 553. The molecule has 1 N–H and O–H groups in total. The summed E-state index contributed by atoms with van der Waals surface area (Å²) < 4.78 is 0. The van der Waals surface area contributed by atoms with E-state index in [4.69, 9.17) is 35.4 Å². The number of carbonyl (C=O) groups excluding carboxylic acids is 1. The molecule has 0 unspecified atom stereocenters. The van der Waals surface area contributed by atoms with Gasteiger partial charge in [-0.3, -0.25) is 4.79 Å². The van der Waals surface area contributed by atoms with Crippen molar-refractivity contribution in [2.75, 3.05) is 31.5 Å². The summed E-state index contributed by atoms with van der Waals surface area (Å²) in [6.45, 7) is 4.63. The molecule has 1 aliphatic heterocycles. The average Bonchev–Trinajstić information content (AvgIpc) is 2.69. The van der Waals surface area contributed by atoms with E-state index in [1.54, 1.807) is 19.1 Å². The lowest BCUT2D eigenvalue weighted by molar-refractivity contribution is -0.128. The van der Waals surface area contributed by atoms with Gasteiger partial charge in [-0.15, -0.1) is 0 Å². The van der Waals surface area contributed by atoms with Gasteiger partial charge in [0.05, 0.1) is 10.0 Å². The maximum Gasteiger partial charge on any atom is 0.219 e. The number of thiocarbonyl (C=S) groups is 1. The van der Waals surface area contributed by atoms with Crippen LogP contribution in [0.3, 0.4) is 0 Å². The number of hydrogen-bond donors (Lipinski definition) is 1. The lowest BCUT2D eigenvalue weighted by Crippen LogP contribution is -2.38. The quantitative estimate of drug-likeness (QED) is 0.792. The van der Waals surface area contributed by atoms with Crippen LogP contribution in [0.1, 0.15) is 13.3 Å². The van der Waals surface area contributed by atoms with Gasteiger partial charge >= 0.3 is 0 Å². The molecule has 0 aromatic heterocycles. The summed E-state index contributed by atoms with van der Waals surface area (Å²) in [6, 6.07) is 5.31. The Kier molecular flexibility index (Phi) is 5.67. The summed E-state index contributed by atoms with van der Waals surface area (Å²) in [5.74, 6) is 0.111. The Labute approximate surface area is 140 Å². The normalized spacial score (nSPS) is 15.6. The van der Waals surface area contributed by atoms with Crippen LogP contribution in [0.4, 0.5) is 5.69 Å². The number of amides is 1. The summed E-state index contributed by atoms with van der Waals surface area (Å²) in [6.07, 6.45) is 0.906. The summed E-state index contributed by atoms with van der Waals surface area (Å²) in [7, 11) is 0.